The molecule has 0 fully saturated rings. The number of amides is 2. The van der Waals surface area contributed by atoms with Gasteiger partial charge in [-0.3, -0.25) is 9.59 Å². The normalized spacial score (nSPS) is 13.1. The van der Waals surface area contributed by atoms with Crippen molar-refractivity contribution in [1.29, 1.82) is 0 Å². The summed E-state index contributed by atoms with van der Waals surface area (Å²) >= 11 is 0. The number of hydrogen-bond donors (Lipinski definition) is 1. The van der Waals surface area contributed by atoms with Crippen molar-refractivity contribution in [2.45, 2.75) is 25.8 Å². The minimum atomic E-state index is -0.104. The third kappa shape index (κ3) is 4.14. The number of carbonyl (C=O) groups excluding carboxylic acids is 2. The maximum atomic E-state index is 12.5. The second-order valence-corrected chi connectivity index (χ2v) is 6.97. The Labute approximate surface area is 164 Å². The molecule has 1 aliphatic heterocycles. The Hall–Kier alpha value is -3.34. The molecule has 0 atom stereocenters. The fourth-order valence-corrected chi connectivity index (χ4v) is 3.49. The van der Waals surface area contributed by atoms with Crippen molar-refractivity contribution in [3.05, 3.63) is 89.4 Å². The van der Waals surface area contributed by atoms with Crippen LogP contribution in [0.5, 0.6) is 0 Å². The minimum Gasteiger partial charge on any atom is -0.459 e. The number of carbonyl (C=O) groups is 2. The number of hydrogen-bond acceptors (Lipinski definition) is 3. The van der Waals surface area contributed by atoms with Gasteiger partial charge in [0.1, 0.15) is 0 Å². The first kappa shape index (κ1) is 18.0. The van der Waals surface area contributed by atoms with Crippen LogP contribution < -0.4 is 5.32 Å². The van der Waals surface area contributed by atoms with Gasteiger partial charge in [0, 0.05) is 25.2 Å². The van der Waals surface area contributed by atoms with Gasteiger partial charge >= 0.3 is 0 Å². The summed E-state index contributed by atoms with van der Waals surface area (Å²) in [6.07, 6.45) is 3.45. The molecule has 0 saturated heterocycles. The number of nitrogens with zero attached hydrogens (tertiary/aromatic N) is 1. The third-order valence-corrected chi connectivity index (χ3v) is 5.01. The van der Waals surface area contributed by atoms with Crippen molar-refractivity contribution in [1.82, 2.24) is 4.90 Å². The van der Waals surface area contributed by atoms with E-state index in [1.165, 1.54) is 11.8 Å². The van der Waals surface area contributed by atoms with Gasteiger partial charge in [-0.2, -0.15) is 0 Å². The van der Waals surface area contributed by atoms with E-state index < -0.39 is 0 Å². The summed E-state index contributed by atoms with van der Waals surface area (Å²) in [6.45, 7) is 1.18. The molecule has 1 aromatic heterocycles. The Morgan fingerprint density at radius 2 is 1.86 bits per heavy atom. The lowest BCUT2D eigenvalue weighted by atomic mass is 9.98. The Bertz CT molecular complexity index is 965. The second kappa shape index (κ2) is 8.13. The number of fused-ring (bicyclic) bond motifs is 1. The highest BCUT2D eigenvalue weighted by Crippen LogP contribution is 2.24. The standard InChI is InChI=1S/C23H22N2O3/c26-22(11-8-17-5-2-1-3-6-17)24-20-10-9-18-12-13-25(16-19(18)15-20)23(27)21-7-4-14-28-21/h1-7,9-10,14-15H,8,11-13,16H2,(H,24,26). The van der Waals surface area contributed by atoms with Crippen LogP contribution >= 0.6 is 0 Å². The van der Waals surface area contributed by atoms with Gasteiger partial charge in [0.15, 0.2) is 5.76 Å². The molecule has 0 spiro atoms. The van der Waals surface area contributed by atoms with Crippen molar-refractivity contribution < 1.29 is 14.0 Å². The zero-order valence-electron chi connectivity index (χ0n) is 15.6. The lowest BCUT2D eigenvalue weighted by Crippen LogP contribution is -2.35. The van der Waals surface area contributed by atoms with Gasteiger partial charge in [-0.25, -0.2) is 0 Å². The maximum Gasteiger partial charge on any atom is 0.289 e. The van der Waals surface area contributed by atoms with E-state index in [1.807, 2.05) is 48.5 Å². The molecule has 0 bridgehead atoms. The van der Waals surface area contributed by atoms with Crippen molar-refractivity contribution in [2.24, 2.45) is 0 Å². The van der Waals surface area contributed by atoms with Gasteiger partial charge in [-0.15, -0.1) is 0 Å². The molecule has 0 radical (unpaired) electrons. The smallest absolute Gasteiger partial charge is 0.289 e. The SMILES string of the molecule is O=C(CCc1ccccc1)Nc1ccc2c(c1)CN(C(=O)c1ccco1)CC2. The first-order valence-electron chi connectivity index (χ1n) is 9.47. The maximum absolute atomic E-state index is 12.5. The number of aryl methyl sites for hydroxylation is 1. The first-order valence-corrected chi connectivity index (χ1v) is 9.47. The summed E-state index contributed by atoms with van der Waals surface area (Å²) in [4.78, 5) is 26.6. The van der Waals surface area contributed by atoms with Gasteiger partial charge < -0.3 is 14.6 Å². The molecule has 5 nitrogen and oxygen atoms in total. The summed E-state index contributed by atoms with van der Waals surface area (Å²) < 4.78 is 5.23. The van der Waals surface area contributed by atoms with E-state index in [4.69, 9.17) is 4.42 Å². The van der Waals surface area contributed by atoms with Crippen LogP contribution in [0.2, 0.25) is 0 Å². The number of benzene rings is 2. The van der Waals surface area contributed by atoms with E-state index in [9.17, 15) is 9.59 Å². The molecule has 28 heavy (non-hydrogen) atoms. The van der Waals surface area contributed by atoms with Crippen LogP contribution in [0.25, 0.3) is 0 Å². The average Bonchev–Trinajstić information content (AvgIpc) is 3.27. The first-order chi connectivity index (χ1) is 13.7. The molecule has 1 aliphatic rings. The molecule has 4 rings (SSSR count). The summed E-state index contributed by atoms with van der Waals surface area (Å²) in [5.41, 5.74) is 4.19. The molecule has 2 aromatic carbocycles. The van der Waals surface area contributed by atoms with E-state index in [0.29, 0.717) is 31.7 Å². The number of rotatable bonds is 5. The van der Waals surface area contributed by atoms with Gasteiger partial charge in [-0.05, 0) is 53.8 Å². The lowest BCUT2D eigenvalue weighted by molar-refractivity contribution is -0.116. The Morgan fingerprint density at radius 1 is 1.00 bits per heavy atom. The van der Waals surface area contributed by atoms with Crippen LogP contribution in [0.1, 0.15) is 33.7 Å². The van der Waals surface area contributed by atoms with Gasteiger partial charge in [0.25, 0.3) is 5.91 Å². The van der Waals surface area contributed by atoms with Crippen LogP contribution in [0.15, 0.2) is 71.3 Å². The van der Waals surface area contributed by atoms with E-state index in [-0.39, 0.29) is 11.8 Å². The van der Waals surface area contributed by atoms with Crippen LogP contribution in [0.4, 0.5) is 5.69 Å². The minimum absolute atomic E-state index is 0.0110. The highest BCUT2D eigenvalue weighted by Gasteiger charge is 2.23. The molecule has 0 aliphatic carbocycles. The zero-order chi connectivity index (χ0) is 19.3. The highest BCUT2D eigenvalue weighted by molar-refractivity contribution is 5.92. The predicted molar refractivity (Wildman–Crippen MR) is 107 cm³/mol. The summed E-state index contributed by atoms with van der Waals surface area (Å²) in [7, 11) is 0. The molecule has 142 valence electrons. The van der Waals surface area contributed by atoms with Gasteiger partial charge in [-0.1, -0.05) is 36.4 Å². The summed E-state index contributed by atoms with van der Waals surface area (Å²) in [5, 5.41) is 2.97. The van der Waals surface area contributed by atoms with Crippen LogP contribution in [0, 0.1) is 0 Å². The lowest BCUT2D eigenvalue weighted by Gasteiger charge is -2.28. The average molecular weight is 374 g/mol. The number of nitrogens with one attached hydrogen (secondary N) is 1. The monoisotopic (exact) mass is 374 g/mol. The molecular formula is C23H22N2O3. The summed E-state index contributed by atoms with van der Waals surface area (Å²) in [5.74, 6) is 0.241. The fourth-order valence-electron chi connectivity index (χ4n) is 3.49. The highest BCUT2D eigenvalue weighted by atomic mass is 16.3. The second-order valence-electron chi connectivity index (χ2n) is 6.97. The summed E-state index contributed by atoms with van der Waals surface area (Å²) in [6, 6.07) is 19.3. The molecule has 5 heteroatoms. The van der Waals surface area contributed by atoms with E-state index in [2.05, 4.69) is 5.32 Å². The fraction of sp³-hybridized carbons (Fsp3) is 0.217. The van der Waals surface area contributed by atoms with Crippen molar-refractivity contribution >= 4 is 17.5 Å². The largest absolute Gasteiger partial charge is 0.459 e. The van der Waals surface area contributed by atoms with Crippen molar-refractivity contribution in [2.75, 3.05) is 11.9 Å². The number of anilines is 1. The van der Waals surface area contributed by atoms with E-state index in [1.54, 1.807) is 17.0 Å². The third-order valence-electron chi connectivity index (χ3n) is 5.01. The molecular weight excluding hydrogens is 352 g/mol. The Morgan fingerprint density at radius 3 is 2.64 bits per heavy atom. The topological polar surface area (TPSA) is 62.6 Å². The van der Waals surface area contributed by atoms with E-state index in [0.717, 1.165) is 23.2 Å². The van der Waals surface area contributed by atoms with Crippen LogP contribution in [-0.2, 0) is 24.2 Å². The van der Waals surface area contributed by atoms with E-state index >= 15 is 0 Å². The zero-order valence-corrected chi connectivity index (χ0v) is 15.6. The molecule has 0 saturated carbocycles. The Balaban J connectivity index is 1.39. The predicted octanol–water partition coefficient (Wildman–Crippen LogP) is 4.05. The molecule has 2 amide bonds. The Kier molecular flexibility index (Phi) is 5.24. The molecule has 1 N–H and O–H groups in total. The quantitative estimate of drug-likeness (QED) is 0.733. The molecule has 2 heterocycles. The van der Waals surface area contributed by atoms with Crippen molar-refractivity contribution in [3.63, 3.8) is 0 Å². The molecule has 3 aromatic rings. The van der Waals surface area contributed by atoms with Gasteiger partial charge in [0.2, 0.25) is 5.91 Å². The van der Waals surface area contributed by atoms with Gasteiger partial charge in [0.05, 0.1) is 6.26 Å². The number of furan rings is 1. The van der Waals surface area contributed by atoms with Crippen LogP contribution in [0.3, 0.4) is 0 Å². The van der Waals surface area contributed by atoms with Crippen LogP contribution in [-0.4, -0.2) is 23.3 Å². The molecule has 0 unspecified atom stereocenters. The van der Waals surface area contributed by atoms with Crippen molar-refractivity contribution in [3.8, 4) is 0 Å².